The summed E-state index contributed by atoms with van der Waals surface area (Å²) in [4.78, 5) is 12.7. The Morgan fingerprint density at radius 3 is 2.09 bits per heavy atom. The number of benzene rings is 3. The Bertz CT molecular complexity index is 1200. The number of hydrazone groups is 1. The summed E-state index contributed by atoms with van der Waals surface area (Å²) in [5.74, 6) is 0.0454. The number of ether oxygens (including phenoxy) is 1. The Morgan fingerprint density at radius 2 is 1.52 bits per heavy atom. The third-order valence-corrected chi connectivity index (χ3v) is 6.60. The van der Waals surface area contributed by atoms with E-state index in [2.05, 4.69) is 10.5 Å². The van der Waals surface area contributed by atoms with E-state index in [1.54, 1.807) is 36.4 Å². The maximum absolute atomic E-state index is 13.4. The molecule has 0 aliphatic heterocycles. The van der Waals surface area contributed by atoms with E-state index in [0.717, 1.165) is 21.0 Å². The molecule has 0 aromatic heterocycles. The van der Waals surface area contributed by atoms with Crippen LogP contribution in [0.15, 0.2) is 82.8 Å². The first kappa shape index (κ1) is 24.0. The minimum absolute atomic E-state index is 0.0953. The van der Waals surface area contributed by atoms with Gasteiger partial charge in [0, 0.05) is 0 Å². The van der Waals surface area contributed by atoms with E-state index >= 15 is 0 Å². The van der Waals surface area contributed by atoms with Gasteiger partial charge in [0.05, 0.1) is 23.4 Å². The number of nitrogens with one attached hydrogen (secondary N) is 1. The number of hydrogen-bond acceptors (Lipinski definition) is 5. The van der Waals surface area contributed by atoms with Gasteiger partial charge in [0.25, 0.3) is 15.9 Å². The molecule has 0 heterocycles. The molecule has 0 fully saturated rings. The molecule has 0 saturated heterocycles. The van der Waals surface area contributed by atoms with E-state index < -0.39 is 22.5 Å². The summed E-state index contributed by atoms with van der Waals surface area (Å²) >= 11 is 0. The van der Waals surface area contributed by atoms with Crippen molar-refractivity contribution in [3.05, 3.63) is 89.5 Å². The van der Waals surface area contributed by atoms with Crippen LogP contribution in [0.5, 0.6) is 5.75 Å². The van der Waals surface area contributed by atoms with E-state index in [1.807, 2.05) is 45.0 Å². The lowest BCUT2D eigenvalue weighted by Gasteiger charge is -2.24. The van der Waals surface area contributed by atoms with Crippen molar-refractivity contribution in [2.75, 3.05) is 17.5 Å². The van der Waals surface area contributed by atoms with Gasteiger partial charge in [0.1, 0.15) is 12.3 Å². The largest absolute Gasteiger partial charge is 0.494 e. The number of nitrogens with zero attached hydrogens (tertiary/aromatic N) is 2. The van der Waals surface area contributed by atoms with Crippen LogP contribution in [-0.4, -0.2) is 33.7 Å². The molecule has 0 atom stereocenters. The monoisotopic (exact) mass is 465 g/mol. The predicted molar refractivity (Wildman–Crippen MR) is 130 cm³/mol. The number of carbonyl (C=O) groups excluding carboxylic acids is 1. The second-order valence-electron chi connectivity index (χ2n) is 7.46. The molecule has 0 aliphatic carbocycles. The highest BCUT2D eigenvalue weighted by molar-refractivity contribution is 7.92. The smallest absolute Gasteiger partial charge is 0.264 e. The van der Waals surface area contributed by atoms with Gasteiger partial charge in [0.15, 0.2) is 0 Å². The predicted octanol–water partition coefficient (Wildman–Crippen LogP) is 4.05. The molecule has 0 unspecified atom stereocenters. The highest BCUT2D eigenvalue weighted by Gasteiger charge is 2.27. The summed E-state index contributed by atoms with van der Waals surface area (Å²) in [7, 11) is -3.99. The number of aryl methyl sites for hydroxylation is 2. The third kappa shape index (κ3) is 6.43. The van der Waals surface area contributed by atoms with Gasteiger partial charge in [-0.25, -0.2) is 13.8 Å². The summed E-state index contributed by atoms with van der Waals surface area (Å²) in [6, 6.07) is 20.7. The fraction of sp³-hybridized carbons (Fsp3) is 0.200. The van der Waals surface area contributed by atoms with Crippen molar-refractivity contribution in [2.24, 2.45) is 5.10 Å². The van der Waals surface area contributed by atoms with E-state index in [0.29, 0.717) is 18.0 Å². The van der Waals surface area contributed by atoms with Crippen molar-refractivity contribution < 1.29 is 17.9 Å². The highest BCUT2D eigenvalue weighted by Crippen LogP contribution is 2.26. The summed E-state index contributed by atoms with van der Waals surface area (Å²) in [5.41, 5.74) is 5.62. The first-order valence-corrected chi connectivity index (χ1v) is 11.9. The third-order valence-electron chi connectivity index (χ3n) is 4.81. The molecule has 1 N–H and O–H groups in total. The summed E-state index contributed by atoms with van der Waals surface area (Å²) < 4.78 is 33.3. The average Bonchev–Trinajstić information content (AvgIpc) is 2.80. The molecule has 3 aromatic carbocycles. The molecule has 0 aliphatic rings. The van der Waals surface area contributed by atoms with Gasteiger partial charge in [0.2, 0.25) is 0 Å². The number of carbonyl (C=O) groups is 1. The van der Waals surface area contributed by atoms with Crippen LogP contribution in [0.2, 0.25) is 0 Å². The fourth-order valence-electron chi connectivity index (χ4n) is 3.02. The van der Waals surface area contributed by atoms with Crippen LogP contribution in [-0.2, 0) is 14.8 Å². The van der Waals surface area contributed by atoms with Crippen LogP contribution in [0, 0.1) is 13.8 Å². The molecule has 0 saturated carbocycles. The van der Waals surface area contributed by atoms with Gasteiger partial charge in [-0.2, -0.15) is 5.10 Å². The molecule has 172 valence electrons. The van der Waals surface area contributed by atoms with Crippen molar-refractivity contribution in [1.29, 1.82) is 0 Å². The van der Waals surface area contributed by atoms with Gasteiger partial charge < -0.3 is 4.74 Å². The lowest BCUT2D eigenvalue weighted by molar-refractivity contribution is -0.119. The molecular formula is C25H27N3O4S. The van der Waals surface area contributed by atoms with Crippen LogP contribution >= 0.6 is 0 Å². The summed E-state index contributed by atoms with van der Waals surface area (Å²) in [6.07, 6.45) is 1.51. The lowest BCUT2D eigenvalue weighted by atomic mass is 10.2. The summed E-state index contributed by atoms with van der Waals surface area (Å²) in [6.45, 7) is 5.78. The Labute approximate surface area is 194 Å². The Kier molecular flexibility index (Phi) is 7.84. The van der Waals surface area contributed by atoms with Crippen molar-refractivity contribution in [3.8, 4) is 5.75 Å². The van der Waals surface area contributed by atoms with Crippen LogP contribution < -0.4 is 14.5 Å². The maximum Gasteiger partial charge on any atom is 0.264 e. The zero-order valence-corrected chi connectivity index (χ0v) is 19.7. The maximum atomic E-state index is 13.4. The SMILES string of the molecule is CCOc1ccc(N(CC(=O)N/N=C\c2ccc(C)cc2)S(=O)(=O)c2ccc(C)cc2)cc1. The Hall–Kier alpha value is -3.65. The zero-order valence-electron chi connectivity index (χ0n) is 18.9. The van der Waals surface area contributed by atoms with Gasteiger partial charge in [-0.15, -0.1) is 0 Å². The second kappa shape index (κ2) is 10.8. The van der Waals surface area contributed by atoms with Crippen molar-refractivity contribution in [3.63, 3.8) is 0 Å². The number of amides is 1. The van der Waals surface area contributed by atoms with Gasteiger partial charge in [-0.05, 0) is 62.7 Å². The molecule has 1 amide bonds. The average molecular weight is 466 g/mol. The van der Waals surface area contributed by atoms with Crippen molar-refractivity contribution in [1.82, 2.24) is 5.43 Å². The van der Waals surface area contributed by atoms with Crippen LogP contribution in [0.3, 0.4) is 0 Å². The summed E-state index contributed by atoms with van der Waals surface area (Å²) in [5, 5.41) is 3.96. The Morgan fingerprint density at radius 1 is 0.939 bits per heavy atom. The van der Waals surface area contributed by atoms with E-state index in [1.165, 1.54) is 18.3 Å². The van der Waals surface area contributed by atoms with Crippen molar-refractivity contribution >= 4 is 27.8 Å². The number of sulfonamides is 1. The molecule has 7 nitrogen and oxygen atoms in total. The van der Waals surface area contributed by atoms with E-state index in [4.69, 9.17) is 4.74 Å². The molecule has 3 rings (SSSR count). The van der Waals surface area contributed by atoms with E-state index in [9.17, 15) is 13.2 Å². The second-order valence-corrected chi connectivity index (χ2v) is 9.32. The highest BCUT2D eigenvalue weighted by atomic mass is 32.2. The molecule has 8 heteroatoms. The van der Waals surface area contributed by atoms with Gasteiger partial charge in [-0.1, -0.05) is 47.5 Å². The van der Waals surface area contributed by atoms with Gasteiger partial charge in [-0.3, -0.25) is 9.10 Å². The number of rotatable bonds is 9. The zero-order chi connectivity index (χ0) is 23.8. The minimum atomic E-state index is -3.99. The van der Waals surface area contributed by atoms with Crippen LogP contribution in [0.25, 0.3) is 0 Å². The molecule has 0 spiro atoms. The molecular weight excluding hydrogens is 438 g/mol. The number of anilines is 1. The molecule has 0 bridgehead atoms. The van der Waals surface area contributed by atoms with E-state index in [-0.39, 0.29) is 4.90 Å². The minimum Gasteiger partial charge on any atom is -0.494 e. The fourth-order valence-corrected chi connectivity index (χ4v) is 4.45. The first-order valence-electron chi connectivity index (χ1n) is 10.5. The molecule has 33 heavy (non-hydrogen) atoms. The lowest BCUT2D eigenvalue weighted by Crippen LogP contribution is -2.39. The van der Waals surface area contributed by atoms with Crippen molar-refractivity contribution in [2.45, 2.75) is 25.7 Å². The van der Waals surface area contributed by atoms with Gasteiger partial charge >= 0.3 is 0 Å². The van der Waals surface area contributed by atoms with Crippen LogP contribution in [0.4, 0.5) is 5.69 Å². The number of hydrogen-bond donors (Lipinski definition) is 1. The first-order chi connectivity index (χ1) is 15.8. The standard InChI is InChI=1S/C25H27N3O4S/c1-4-32-23-13-11-22(12-14-23)28(33(30,31)24-15-7-20(3)8-16-24)18-25(29)27-26-17-21-9-5-19(2)6-10-21/h5-17H,4,18H2,1-3H3,(H,27,29)/b26-17-. The van der Waals surface area contributed by atoms with Crippen LogP contribution in [0.1, 0.15) is 23.6 Å². The normalized spacial score (nSPS) is 11.4. The molecule has 3 aromatic rings. The Balaban J connectivity index is 1.83. The topological polar surface area (TPSA) is 88.1 Å². The molecule has 0 radical (unpaired) electrons. The quantitative estimate of drug-likeness (QED) is 0.381.